The van der Waals surface area contributed by atoms with Crippen molar-refractivity contribution < 1.29 is 17.9 Å². The third-order valence-corrected chi connectivity index (χ3v) is 3.14. The summed E-state index contributed by atoms with van der Waals surface area (Å²) in [4.78, 5) is 11.9. The van der Waals surface area contributed by atoms with Gasteiger partial charge in [-0.25, -0.2) is 0 Å². The maximum absolute atomic E-state index is 12.0. The van der Waals surface area contributed by atoms with Gasteiger partial charge in [0, 0.05) is 11.9 Å². The van der Waals surface area contributed by atoms with E-state index in [1.807, 2.05) is 0 Å². The zero-order chi connectivity index (χ0) is 15.6. The normalized spacial score (nSPS) is 11.4. The molecule has 21 heavy (non-hydrogen) atoms. The van der Waals surface area contributed by atoms with Crippen molar-refractivity contribution in [2.45, 2.75) is 12.9 Å². The van der Waals surface area contributed by atoms with Crippen LogP contribution in [0.25, 0.3) is 0 Å². The summed E-state index contributed by atoms with van der Waals surface area (Å²) in [7, 11) is 0. The Morgan fingerprint density at radius 3 is 2.43 bits per heavy atom. The molecule has 8 heteroatoms. The van der Waals surface area contributed by atoms with Crippen molar-refractivity contribution >= 4 is 21.6 Å². The van der Waals surface area contributed by atoms with Crippen molar-refractivity contribution in [3.05, 3.63) is 56.9 Å². The van der Waals surface area contributed by atoms with Crippen LogP contribution >= 0.6 is 15.9 Å². The van der Waals surface area contributed by atoms with E-state index >= 15 is 0 Å². The summed E-state index contributed by atoms with van der Waals surface area (Å²) in [5.74, 6) is -0.313. The number of hydrogen-bond donors (Lipinski definition) is 1. The lowest BCUT2D eigenvalue weighted by Crippen LogP contribution is -2.21. The molecular weight excluding hydrogens is 353 g/mol. The topological polar surface area (TPSA) is 57.2 Å². The fourth-order valence-electron chi connectivity index (χ4n) is 1.73. The minimum Gasteiger partial charge on any atom is -0.406 e. The number of halogens is 4. The standard InChI is InChI=1S/C13H10BrF3N2O2/c14-11-5-9(18)7-19(12(11)20)6-8-1-3-10(4-2-8)21-13(15,16)17/h1-5,7H,6,18H2. The van der Waals surface area contributed by atoms with Crippen LogP contribution < -0.4 is 16.0 Å². The molecule has 0 radical (unpaired) electrons. The number of alkyl halides is 3. The van der Waals surface area contributed by atoms with E-state index in [1.165, 1.54) is 41.1 Å². The Bertz CT molecular complexity index is 696. The molecule has 0 aliphatic carbocycles. The molecule has 1 heterocycles. The molecule has 0 saturated carbocycles. The number of hydrogen-bond acceptors (Lipinski definition) is 3. The van der Waals surface area contributed by atoms with Gasteiger partial charge in [0.1, 0.15) is 5.75 Å². The van der Waals surface area contributed by atoms with E-state index in [4.69, 9.17) is 5.73 Å². The number of nitrogens with zero attached hydrogens (tertiary/aromatic N) is 1. The zero-order valence-electron chi connectivity index (χ0n) is 10.5. The van der Waals surface area contributed by atoms with Crippen molar-refractivity contribution in [2.24, 2.45) is 0 Å². The highest BCUT2D eigenvalue weighted by Crippen LogP contribution is 2.23. The Hall–Kier alpha value is -1.96. The second-order valence-corrected chi connectivity index (χ2v) is 5.10. The van der Waals surface area contributed by atoms with Crippen molar-refractivity contribution in [3.63, 3.8) is 0 Å². The summed E-state index contributed by atoms with van der Waals surface area (Å²) in [6, 6.07) is 6.76. The van der Waals surface area contributed by atoms with Gasteiger partial charge in [0.15, 0.2) is 0 Å². The first-order chi connectivity index (χ1) is 9.74. The summed E-state index contributed by atoms with van der Waals surface area (Å²) in [5.41, 5.74) is 6.41. The number of rotatable bonds is 3. The van der Waals surface area contributed by atoms with Crippen LogP contribution in [0.3, 0.4) is 0 Å². The number of anilines is 1. The van der Waals surface area contributed by atoms with E-state index in [0.29, 0.717) is 15.7 Å². The molecular formula is C13H10BrF3N2O2. The summed E-state index contributed by atoms with van der Waals surface area (Å²) in [5, 5.41) is 0. The molecule has 0 unspecified atom stereocenters. The Morgan fingerprint density at radius 1 is 1.24 bits per heavy atom. The number of pyridine rings is 1. The van der Waals surface area contributed by atoms with E-state index in [2.05, 4.69) is 20.7 Å². The molecule has 0 aliphatic heterocycles. The van der Waals surface area contributed by atoms with Crippen LogP contribution in [0.4, 0.5) is 18.9 Å². The molecule has 2 aromatic rings. The molecule has 2 N–H and O–H groups in total. The molecule has 112 valence electrons. The quantitative estimate of drug-likeness (QED) is 0.912. The molecule has 0 amide bonds. The van der Waals surface area contributed by atoms with Gasteiger partial charge in [0.2, 0.25) is 0 Å². The van der Waals surface area contributed by atoms with Crippen LogP contribution in [0.2, 0.25) is 0 Å². The maximum atomic E-state index is 12.0. The second kappa shape index (κ2) is 5.80. The largest absolute Gasteiger partial charge is 0.573 e. The molecule has 0 fully saturated rings. The summed E-state index contributed by atoms with van der Waals surface area (Å²) in [6.07, 6.45) is -3.26. The molecule has 0 atom stereocenters. The lowest BCUT2D eigenvalue weighted by Gasteiger charge is -2.10. The maximum Gasteiger partial charge on any atom is 0.573 e. The van der Waals surface area contributed by atoms with Gasteiger partial charge in [-0.15, -0.1) is 13.2 Å². The number of aromatic nitrogens is 1. The van der Waals surface area contributed by atoms with E-state index in [1.54, 1.807) is 0 Å². The average Bonchev–Trinajstić information content (AvgIpc) is 2.36. The molecule has 1 aromatic heterocycles. The minimum atomic E-state index is -4.73. The monoisotopic (exact) mass is 362 g/mol. The molecule has 0 aliphatic rings. The summed E-state index contributed by atoms with van der Waals surface area (Å²) < 4.78 is 41.6. The van der Waals surface area contributed by atoms with Crippen molar-refractivity contribution in [3.8, 4) is 5.75 Å². The summed E-state index contributed by atoms with van der Waals surface area (Å²) in [6.45, 7) is 0.189. The number of ether oxygens (including phenoxy) is 1. The van der Waals surface area contributed by atoms with Crippen LogP contribution in [0.1, 0.15) is 5.56 Å². The van der Waals surface area contributed by atoms with Crippen molar-refractivity contribution in [1.82, 2.24) is 4.57 Å². The van der Waals surface area contributed by atoms with Crippen LogP contribution in [0.5, 0.6) is 5.75 Å². The van der Waals surface area contributed by atoms with E-state index in [0.717, 1.165) is 0 Å². The predicted octanol–water partition coefficient (Wildman–Crippen LogP) is 3.14. The van der Waals surface area contributed by atoms with Gasteiger partial charge >= 0.3 is 6.36 Å². The number of nitrogens with two attached hydrogens (primary N) is 1. The highest BCUT2D eigenvalue weighted by molar-refractivity contribution is 9.10. The average molecular weight is 363 g/mol. The van der Waals surface area contributed by atoms with Gasteiger partial charge in [0.25, 0.3) is 5.56 Å². The Kier molecular flexibility index (Phi) is 4.26. The highest BCUT2D eigenvalue weighted by Gasteiger charge is 2.30. The minimum absolute atomic E-state index is 0.189. The molecule has 1 aromatic carbocycles. The third kappa shape index (κ3) is 4.25. The first-order valence-corrected chi connectivity index (χ1v) is 6.54. The number of benzene rings is 1. The first kappa shape index (κ1) is 15.4. The molecule has 0 spiro atoms. The molecule has 4 nitrogen and oxygen atoms in total. The van der Waals surface area contributed by atoms with Gasteiger partial charge in [-0.1, -0.05) is 12.1 Å². The molecule has 0 bridgehead atoms. The Balaban J connectivity index is 2.20. The van der Waals surface area contributed by atoms with Crippen LogP contribution in [-0.2, 0) is 6.54 Å². The van der Waals surface area contributed by atoms with Gasteiger partial charge in [-0.2, -0.15) is 0 Å². The third-order valence-electron chi connectivity index (χ3n) is 2.57. The number of nitrogen functional groups attached to an aromatic ring is 1. The highest BCUT2D eigenvalue weighted by atomic mass is 79.9. The zero-order valence-corrected chi connectivity index (χ0v) is 12.1. The van der Waals surface area contributed by atoms with Crippen molar-refractivity contribution in [1.29, 1.82) is 0 Å². The van der Waals surface area contributed by atoms with Gasteiger partial charge in [-0.05, 0) is 39.7 Å². The molecule has 2 rings (SSSR count). The fourth-order valence-corrected chi connectivity index (χ4v) is 2.22. The van der Waals surface area contributed by atoms with Crippen LogP contribution in [0.15, 0.2) is 45.8 Å². The molecule has 0 saturated heterocycles. The SMILES string of the molecule is Nc1cc(Br)c(=O)n(Cc2ccc(OC(F)(F)F)cc2)c1. The Labute approximate surface area is 126 Å². The van der Waals surface area contributed by atoms with E-state index in [9.17, 15) is 18.0 Å². The van der Waals surface area contributed by atoms with Gasteiger partial charge < -0.3 is 15.0 Å². The van der Waals surface area contributed by atoms with Crippen LogP contribution in [-0.4, -0.2) is 10.9 Å². The van der Waals surface area contributed by atoms with Gasteiger partial charge in [0.05, 0.1) is 11.0 Å². The van der Waals surface area contributed by atoms with Gasteiger partial charge in [-0.3, -0.25) is 4.79 Å². The first-order valence-electron chi connectivity index (χ1n) is 5.75. The van der Waals surface area contributed by atoms with Crippen molar-refractivity contribution in [2.75, 3.05) is 5.73 Å². The second-order valence-electron chi connectivity index (χ2n) is 4.25. The Morgan fingerprint density at radius 2 is 1.86 bits per heavy atom. The lowest BCUT2D eigenvalue weighted by molar-refractivity contribution is -0.274. The summed E-state index contributed by atoms with van der Waals surface area (Å²) >= 11 is 3.10. The van der Waals surface area contributed by atoms with E-state index < -0.39 is 6.36 Å². The van der Waals surface area contributed by atoms with Crippen LogP contribution in [0, 0.1) is 0 Å². The smallest absolute Gasteiger partial charge is 0.406 e. The fraction of sp³-hybridized carbons (Fsp3) is 0.154. The predicted molar refractivity (Wildman–Crippen MR) is 75.0 cm³/mol. The lowest BCUT2D eigenvalue weighted by atomic mass is 10.2. The van der Waals surface area contributed by atoms with E-state index in [-0.39, 0.29) is 17.9 Å².